The van der Waals surface area contributed by atoms with Crippen LogP contribution in [0.1, 0.15) is 6.92 Å². The molecule has 0 saturated carbocycles. The van der Waals surface area contributed by atoms with E-state index in [0.29, 0.717) is 12.7 Å². The second-order valence-electron chi connectivity index (χ2n) is 4.57. The van der Waals surface area contributed by atoms with Gasteiger partial charge in [0.05, 0.1) is 12.7 Å². The van der Waals surface area contributed by atoms with Crippen molar-refractivity contribution >= 4 is 0 Å². The summed E-state index contributed by atoms with van der Waals surface area (Å²) in [5.41, 5.74) is 0. The van der Waals surface area contributed by atoms with Gasteiger partial charge in [-0.3, -0.25) is 0 Å². The number of fused-ring (bicyclic) bond motifs is 1. The molecule has 0 spiro atoms. The zero-order valence-electron chi connectivity index (χ0n) is 9.89. The smallest absolute Gasteiger partial charge is 0.161 e. The Morgan fingerprint density at radius 2 is 2.06 bits per heavy atom. The minimum Gasteiger partial charge on any atom is -0.486 e. The normalized spacial score (nSPS) is 27.6. The summed E-state index contributed by atoms with van der Waals surface area (Å²) < 4.78 is 16.8. The van der Waals surface area contributed by atoms with Gasteiger partial charge >= 0.3 is 0 Å². The average molecular weight is 235 g/mol. The van der Waals surface area contributed by atoms with Crippen LogP contribution < -0.4 is 14.8 Å². The molecule has 0 aromatic heterocycles. The molecule has 4 nitrogen and oxygen atoms in total. The molecule has 17 heavy (non-hydrogen) atoms. The van der Waals surface area contributed by atoms with E-state index < -0.39 is 0 Å². The van der Waals surface area contributed by atoms with Gasteiger partial charge in [0.2, 0.25) is 0 Å². The van der Waals surface area contributed by atoms with Crippen LogP contribution in [0.25, 0.3) is 0 Å². The van der Waals surface area contributed by atoms with Gasteiger partial charge in [-0.25, -0.2) is 0 Å². The number of para-hydroxylation sites is 2. The van der Waals surface area contributed by atoms with Gasteiger partial charge in [-0.15, -0.1) is 0 Å². The molecule has 1 N–H and O–H groups in total. The van der Waals surface area contributed by atoms with Gasteiger partial charge in [-0.05, 0) is 19.1 Å². The topological polar surface area (TPSA) is 43.0 Å². The number of epoxide rings is 1. The number of ether oxygens (including phenoxy) is 3. The highest BCUT2D eigenvalue weighted by Gasteiger charge is 2.28. The molecule has 2 heterocycles. The first-order chi connectivity index (χ1) is 8.33. The van der Waals surface area contributed by atoms with Crippen molar-refractivity contribution < 1.29 is 14.2 Å². The molecule has 0 amide bonds. The third-order valence-electron chi connectivity index (χ3n) is 3.16. The lowest BCUT2D eigenvalue weighted by Crippen LogP contribution is -2.47. The van der Waals surface area contributed by atoms with Crippen LogP contribution in [-0.4, -0.2) is 38.0 Å². The third-order valence-corrected chi connectivity index (χ3v) is 3.16. The molecule has 1 aromatic rings. The highest BCUT2D eigenvalue weighted by Crippen LogP contribution is 2.31. The maximum absolute atomic E-state index is 5.92. The van der Waals surface area contributed by atoms with Gasteiger partial charge in [0.25, 0.3) is 0 Å². The van der Waals surface area contributed by atoms with Crippen molar-refractivity contribution in [3.05, 3.63) is 24.3 Å². The lowest BCUT2D eigenvalue weighted by atomic mass is 10.1. The van der Waals surface area contributed by atoms with E-state index >= 15 is 0 Å². The molecule has 2 aliphatic rings. The molecule has 1 saturated heterocycles. The van der Waals surface area contributed by atoms with E-state index in [1.165, 1.54) is 0 Å². The second-order valence-corrected chi connectivity index (χ2v) is 4.57. The van der Waals surface area contributed by atoms with Gasteiger partial charge in [0, 0.05) is 12.6 Å². The van der Waals surface area contributed by atoms with Gasteiger partial charge in [0.15, 0.2) is 11.5 Å². The molecule has 0 aliphatic carbocycles. The Bertz CT molecular complexity index is 392. The van der Waals surface area contributed by atoms with Crippen molar-refractivity contribution in [1.29, 1.82) is 0 Å². The fourth-order valence-electron chi connectivity index (χ4n) is 1.92. The first kappa shape index (κ1) is 10.9. The molecule has 3 rings (SSSR count). The van der Waals surface area contributed by atoms with Crippen LogP contribution >= 0.6 is 0 Å². The van der Waals surface area contributed by atoms with Crippen molar-refractivity contribution in [1.82, 2.24) is 5.32 Å². The molecule has 2 aliphatic heterocycles. The first-order valence-electron chi connectivity index (χ1n) is 6.06. The van der Waals surface area contributed by atoms with Crippen LogP contribution in [0.2, 0.25) is 0 Å². The highest BCUT2D eigenvalue weighted by atomic mass is 16.6. The van der Waals surface area contributed by atoms with E-state index in [-0.39, 0.29) is 12.1 Å². The van der Waals surface area contributed by atoms with Crippen molar-refractivity contribution in [2.45, 2.75) is 25.2 Å². The van der Waals surface area contributed by atoms with Gasteiger partial charge in [-0.2, -0.15) is 0 Å². The number of hydrogen-bond donors (Lipinski definition) is 1. The molecule has 0 bridgehead atoms. The van der Waals surface area contributed by atoms with Crippen molar-refractivity contribution in [3.8, 4) is 11.5 Å². The van der Waals surface area contributed by atoms with Crippen LogP contribution in [0.4, 0.5) is 0 Å². The van der Waals surface area contributed by atoms with Gasteiger partial charge < -0.3 is 19.5 Å². The molecule has 92 valence electrons. The maximum Gasteiger partial charge on any atom is 0.161 e. The predicted octanol–water partition coefficient (Wildman–Crippen LogP) is 1.20. The maximum atomic E-state index is 5.92. The van der Waals surface area contributed by atoms with Gasteiger partial charge in [-0.1, -0.05) is 12.1 Å². The summed E-state index contributed by atoms with van der Waals surface area (Å²) in [5.74, 6) is 1.67. The SMILES string of the molecule is C[C@H](NC[C@H]1CO1)[C@H]1COc2ccccc2O1. The summed E-state index contributed by atoms with van der Waals surface area (Å²) >= 11 is 0. The monoisotopic (exact) mass is 235 g/mol. The molecular formula is C13H17NO3. The van der Waals surface area contributed by atoms with Crippen molar-refractivity contribution in [3.63, 3.8) is 0 Å². The molecule has 4 heteroatoms. The second kappa shape index (κ2) is 4.55. The Labute approximate surface area is 101 Å². The Balaban J connectivity index is 1.58. The molecule has 0 radical (unpaired) electrons. The minimum atomic E-state index is 0.0589. The largest absolute Gasteiger partial charge is 0.486 e. The van der Waals surface area contributed by atoms with Gasteiger partial charge in [0.1, 0.15) is 12.7 Å². The summed E-state index contributed by atoms with van der Waals surface area (Å²) in [6.07, 6.45) is 0.456. The Kier molecular flexibility index (Phi) is 2.91. The Hall–Kier alpha value is -1.26. The van der Waals surface area contributed by atoms with Crippen LogP contribution in [0.3, 0.4) is 0 Å². The average Bonchev–Trinajstić information content (AvgIpc) is 3.19. The summed E-state index contributed by atoms with van der Waals surface area (Å²) in [4.78, 5) is 0. The summed E-state index contributed by atoms with van der Waals surface area (Å²) in [7, 11) is 0. The lowest BCUT2D eigenvalue weighted by Gasteiger charge is -2.30. The third kappa shape index (κ3) is 2.53. The van der Waals surface area contributed by atoms with E-state index in [9.17, 15) is 0 Å². The van der Waals surface area contributed by atoms with E-state index in [1.54, 1.807) is 0 Å². The van der Waals surface area contributed by atoms with Crippen LogP contribution in [0, 0.1) is 0 Å². The number of benzene rings is 1. The molecular weight excluding hydrogens is 218 g/mol. The van der Waals surface area contributed by atoms with Crippen molar-refractivity contribution in [2.75, 3.05) is 19.8 Å². The Morgan fingerprint density at radius 1 is 1.29 bits per heavy atom. The molecule has 0 unspecified atom stereocenters. The summed E-state index contributed by atoms with van der Waals surface area (Å²) in [5, 5.41) is 3.42. The van der Waals surface area contributed by atoms with E-state index in [2.05, 4.69) is 12.2 Å². The minimum absolute atomic E-state index is 0.0589. The molecule has 1 aromatic carbocycles. The zero-order chi connectivity index (χ0) is 11.7. The molecule has 3 atom stereocenters. The Morgan fingerprint density at radius 3 is 2.82 bits per heavy atom. The number of rotatable bonds is 4. The van der Waals surface area contributed by atoms with Crippen LogP contribution in [0.15, 0.2) is 24.3 Å². The standard InChI is InChI=1S/C13H17NO3/c1-9(14-6-10-7-15-10)13-8-16-11-4-2-3-5-12(11)17-13/h2-5,9-10,13-14H,6-8H2,1H3/t9-,10-,13+/m0/s1. The van der Waals surface area contributed by atoms with E-state index in [0.717, 1.165) is 24.7 Å². The zero-order valence-corrected chi connectivity index (χ0v) is 9.89. The van der Waals surface area contributed by atoms with Crippen LogP contribution in [0.5, 0.6) is 11.5 Å². The first-order valence-corrected chi connectivity index (χ1v) is 6.06. The fourth-order valence-corrected chi connectivity index (χ4v) is 1.92. The number of nitrogens with one attached hydrogen (secondary N) is 1. The lowest BCUT2D eigenvalue weighted by molar-refractivity contribution is 0.0663. The predicted molar refractivity (Wildman–Crippen MR) is 63.6 cm³/mol. The number of hydrogen-bond acceptors (Lipinski definition) is 4. The fraction of sp³-hybridized carbons (Fsp3) is 0.538. The summed E-state index contributed by atoms with van der Waals surface area (Å²) in [6, 6.07) is 8.04. The molecule has 1 fully saturated rings. The van der Waals surface area contributed by atoms with E-state index in [1.807, 2.05) is 24.3 Å². The van der Waals surface area contributed by atoms with Crippen LogP contribution in [-0.2, 0) is 4.74 Å². The van der Waals surface area contributed by atoms with E-state index in [4.69, 9.17) is 14.2 Å². The quantitative estimate of drug-likeness (QED) is 0.796. The summed E-state index contributed by atoms with van der Waals surface area (Å²) in [6.45, 7) is 4.48. The van der Waals surface area contributed by atoms with Crippen molar-refractivity contribution in [2.24, 2.45) is 0 Å². The highest BCUT2D eigenvalue weighted by molar-refractivity contribution is 5.40.